The Kier molecular flexibility index (Phi) is 2.61. The first kappa shape index (κ1) is 7.24. The Morgan fingerprint density at radius 3 is 2.00 bits per heavy atom. The minimum absolute atomic E-state index is 0.336. The van der Waals surface area contributed by atoms with Gasteiger partial charge < -0.3 is 0 Å². The van der Waals surface area contributed by atoms with Crippen LogP contribution in [0.15, 0.2) is 0 Å². The number of quaternary nitrogens is 1. The maximum Gasteiger partial charge on any atom is 0.222 e. The molecular formula is C4H11FNS+. The minimum Gasteiger partial charge on any atom is -0.294 e. The predicted molar refractivity (Wildman–Crippen MR) is 31.9 cm³/mol. The molecular weight excluding hydrogens is 113 g/mol. The molecule has 1 nitrogen and oxygen atoms in total. The molecule has 0 aromatic rings. The zero-order valence-corrected chi connectivity index (χ0v) is 5.58. The molecule has 7 heavy (non-hydrogen) atoms. The highest BCUT2D eigenvalue weighted by atomic mass is 32.1. The largest absolute Gasteiger partial charge is 0.294 e. The van der Waals surface area contributed by atoms with Gasteiger partial charge in [-0.1, -0.05) is 0 Å². The van der Waals surface area contributed by atoms with Gasteiger partial charge in [0.2, 0.25) is 6.80 Å². The van der Waals surface area contributed by atoms with Crippen LogP contribution in [0.25, 0.3) is 0 Å². The Labute approximate surface area is 49.1 Å². The standard InChI is InChI=1S/C4H10FNS/c1-6(2,3-5)4-7/h3-4H2,1-2H3/p+1. The summed E-state index contributed by atoms with van der Waals surface area (Å²) in [4.78, 5) is 0. The molecule has 0 bridgehead atoms. The first-order chi connectivity index (χ1) is 3.12. The van der Waals surface area contributed by atoms with E-state index >= 15 is 0 Å². The molecule has 0 aliphatic carbocycles. The Hall–Kier alpha value is 0.240. The van der Waals surface area contributed by atoms with Crippen LogP contribution in [-0.4, -0.2) is 31.3 Å². The lowest BCUT2D eigenvalue weighted by atomic mass is 10.7. The zero-order chi connectivity index (χ0) is 5.91. The van der Waals surface area contributed by atoms with Gasteiger partial charge in [0, 0.05) is 0 Å². The Bertz CT molecular complexity index is 49.7. The first-order valence-corrected chi connectivity index (χ1v) is 2.74. The molecule has 0 aliphatic rings. The van der Waals surface area contributed by atoms with Crippen molar-refractivity contribution in [1.82, 2.24) is 0 Å². The quantitative estimate of drug-likeness (QED) is 0.240. The summed E-state index contributed by atoms with van der Waals surface area (Å²) in [5, 5.41) is 0. The number of nitrogens with zero attached hydrogens (tertiary/aromatic N) is 1. The molecule has 0 rings (SSSR count). The van der Waals surface area contributed by atoms with Crippen LogP contribution in [0.1, 0.15) is 0 Å². The molecule has 0 amide bonds. The summed E-state index contributed by atoms with van der Waals surface area (Å²) >= 11 is 3.91. The average Bonchev–Trinajstić information content (AvgIpc) is 1.68. The van der Waals surface area contributed by atoms with Crippen molar-refractivity contribution in [3.8, 4) is 0 Å². The van der Waals surface area contributed by atoms with Crippen molar-refractivity contribution in [2.24, 2.45) is 0 Å². The van der Waals surface area contributed by atoms with E-state index in [1.807, 2.05) is 0 Å². The van der Waals surface area contributed by atoms with Crippen LogP contribution in [-0.2, 0) is 0 Å². The summed E-state index contributed by atoms with van der Waals surface area (Å²) in [5.41, 5.74) is 0. The van der Waals surface area contributed by atoms with Crippen LogP contribution in [0, 0.1) is 0 Å². The molecule has 3 heteroatoms. The maximum absolute atomic E-state index is 11.7. The molecule has 0 saturated heterocycles. The lowest BCUT2D eigenvalue weighted by molar-refractivity contribution is -0.890. The molecule has 0 radical (unpaired) electrons. The number of hydrogen-bond acceptors (Lipinski definition) is 1. The monoisotopic (exact) mass is 124 g/mol. The van der Waals surface area contributed by atoms with Crippen LogP contribution < -0.4 is 0 Å². The van der Waals surface area contributed by atoms with Crippen LogP contribution in [0.3, 0.4) is 0 Å². The van der Waals surface area contributed by atoms with Crippen LogP contribution >= 0.6 is 12.6 Å². The summed E-state index contributed by atoms with van der Waals surface area (Å²) in [6, 6.07) is 0. The molecule has 0 atom stereocenters. The summed E-state index contributed by atoms with van der Waals surface area (Å²) in [5.74, 6) is 0.552. The first-order valence-electron chi connectivity index (χ1n) is 2.11. The number of alkyl halides is 1. The van der Waals surface area contributed by atoms with E-state index in [-0.39, 0.29) is 6.80 Å². The van der Waals surface area contributed by atoms with Crippen molar-refractivity contribution in [1.29, 1.82) is 0 Å². The van der Waals surface area contributed by atoms with Gasteiger partial charge in [-0.3, -0.25) is 4.48 Å². The second-order valence-electron chi connectivity index (χ2n) is 2.20. The minimum atomic E-state index is -0.344. The highest BCUT2D eigenvalue weighted by Crippen LogP contribution is 1.96. The normalized spacial score (nSPS) is 12.0. The van der Waals surface area contributed by atoms with E-state index in [4.69, 9.17) is 0 Å². The van der Waals surface area contributed by atoms with Crippen LogP contribution in [0.5, 0.6) is 0 Å². The highest BCUT2D eigenvalue weighted by molar-refractivity contribution is 7.80. The topological polar surface area (TPSA) is 0 Å². The number of hydrogen-bond donors (Lipinski definition) is 1. The molecule has 0 unspecified atom stereocenters. The molecule has 0 saturated carbocycles. The summed E-state index contributed by atoms with van der Waals surface area (Å²) in [7, 11) is 3.57. The molecule has 0 aromatic heterocycles. The van der Waals surface area contributed by atoms with Crippen LogP contribution in [0.2, 0.25) is 0 Å². The predicted octanol–water partition coefficient (Wildman–Crippen LogP) is 0.877. The number of thiol groups is 1. The molecule has 0 aliphatic heterocycles. The van der Waals surface area contributed by atoms with Crippen molar-refractivity contribution >= 4 is 12.6 Å². The zero-order valence-electron chi connectivity index (χ0n) is 4.69. The van der Waals surface area contributed by atoms with Crippen molar-refractivity contribution in [2.75, 3.05) is 26.8 Å². The van der Waals surface area contributed by atoms with Crippen molar-refractivity contribution in [2.45, 2.75) is 0 Å². The Morgan fingerprint density at radius 2 is 2.00 bits per heavy atom. The van der Waals surface area contributed by atoms with Crippen molar-refractivity contribution < 1.29 is 8.87 Å². The smallest absolute Gasteiger partial charge is 0.222 e. The van der Waals surface area contributed by atoms with E-state index in [2.05, 4.69) is 12.6 Å². The summed E-state index contributed by atoms with van der Waals surface area (Å²) in [6.07, 6.45) is 0. The van der Waals surface area contributed by atoms with Gasteiger partial charge in [-0.2, -0.15) is 4.39 Å². The highest BCUT2D eigenvalue weighted by Gasteiger charge is 2.08. The number of halogens is 1. The van der Waals surface area contributed by atoms with Crippen molar-refractivity contribution in [3.63, 3.8) is 0 Å². The third-order valence-electron chi connectivity index (χ3n) is 0.706. The van der Waals surface area contributed by atoms with E-state index in [0.717, 1.165) is 0 Å². The molecule has 0 spiro atoms. The van der Waals surface area contributed by atoms with Gasteiger partial charge >= 0.3 is 0 Å². The molecule has 0 heterocycles. The van der Waals surface area contributed by atoms with E-state index in [1.165, 1.54) is 0 Å². The lowest BCUT2D eigenvalue weighted by Crippen LogP contribution is -2.36. The van der Waals surface area contributed by atoms with Gasteiger partial charge in [0.25, 0.3) is 0 Å². The van der Waals surface area contributed by atoms with Gasteiger partial charge in [-0.25, -0.2) is 0 Å². The fourth-order valence-corrected chi connectivity index (χ4v) is 0.113. The van der Waals surface area contributed by atoms with Gasteiger partial charge in [0.15, 0.2) is 0 Å². The maximum atomic E-state index is 11.7. The molecule has 0 N–H and O–H groups in total. The van der Waals surface area contributed by atoms with E-state index in [9.17, 15) is 4.39 Å². The van der Waals surface area contributed by atoms with Gasteiger partial charge in [0.05, 0.1) is 14.1 Å². The van der Waals surface area contributed by atoms with E-state index in [0.29, 0.717) is 10.4 Å². The second-order valence-corrected chi connectivity index (χ2v) is 2.48. The third kappa shape index (κ3) is 2.88. The second kappa shape index (κ2) is 2.52. The fourth-order valence-electron chi connectivity index (χ4n) is 0.0378. The van der Waals surface area contributed by atoms with Gasteiger partial charge in [-0.15, -0.1) is 12.6 Å². The summed E-state index contributed by atoms with van der Waals surface area (Å²) < 4.78 is 12.0. The molecule has 0 aromatic carbocycles. The lowest BCUT2D eigenvalue weighted by Gasteiger charge is -2.22. The third-order valence-corrected chi connectivity index (χ3v) is 1.47. The average molecular weight is 124 g/mol. The molecule has 44 valence electrons. The van der Waals surface area contributed by atoms with Crippen molar-refractivity contribution in [3.05, 3.63) is 0 Å². The molecule has 0 fully saturated rings. The Balaban J connectivity index is 3.36. The number of rotatable bonds is 2. The van der Waals surface area contributed by atoms with E-state index < -0.39 is 0 Å². The SMILES string of the molecule is C[N+](C)(CF)CS. The van der Waals surface area contributed by atoms with Gasteiger partial charge in [0.1, 0.15) is 5.88 Å². The summed E-state index contributed by atoms with van der Waals surface area (Å²) in [6.45, 7) is -0.344. The fraction of sp³-hybridized carbons (Fsp3) is 1.00. The Morgan fingerprint density at radius 1 is 1.57 bits per heavy atom. The van der Waals surface area contributed by atoms with Crippen LogP contribution in [0.4, 0.5) is 4.39 Å². The van der Waals surface area contributed by atoms with Gasteiger partial charge in [-0.05, 0) is 0 Å². The van der Waals surface area contributed by atoms with E-state index in [1.54, 1.807) is 14.1 Å².